The highest BCUT2D eigenvalue weighted by Crippen LogP contribution is 2.37. The van der Waals surface area contributed by atoms with E-state index in [0.29, 0.717) is 29.6 Å². The van der Waals surface area contributed by atoms with Gasteiger partial charge in [0.2, 0.25) is 6.79 Å². The molecule has 2 aliphatic heterocycles. The molecule has 4 heterocycles. The molecule has 3 aromatic rings. The maximum Gasteiger partial charge on any atom is 0.266 e. The molecule has 6 rings (SSSR count). The molecule has 7 nitrogen and oxygen atoms in total. The molecule has 1 fully saturated rings. The highest BCUT2D eigenvalue weighted by Gasteiger charge is 2.27. The number of nitrogens with zero attached hydrogens (tertiary/aromatic N) is 3. The Balaban J connectivity index is 1.14. The Morgan fingerprint density at radius 3 is 2.85 bits per heavy atom. The van der Waals surface area contributed by atoms with Crippen LogP contribution in [-0.4, -0.2) is 53.7 Å². The first-order valence-corrected chi connectivity index (χ1v) is 12.5. The first kappa shape index (κ1) is 20.7. The molecular formula is C25H28N4O3S. The first-order valence-electron chi connectivity index (χ1n) is 11.7. The second-order valence-corrected chi connectivity index (χ2v) is 10.4. The van der Waals surface area contributed by atoms with Gasteiger partial charge in [0, 0.05) is 43.8 Å². The molecule has 1 aromatic carbocycles. The van der Waals surface area contributed by atoms with E-state index in [-0.39, 0.29) is 12.7 Å². The van der Waals surface area contributed by atoms with Gasteiger partial charge in [-0.2, -0.15) is 0 Å². The predicted molar refractivity (Wildman–Crippen MR) is 129 cm³/mol. The summed E-state index contributed by atoms with van der Waals surface area (Å²) >= 11 is 1.45. The number of piperazine rings is 1. The number of anilines is 1. The Hall–Kier alpha value is -2.84. The molecule has 1 atom stereocenters. The van der Waals surface area contributed by atoms with Gasteiger partial charge in [-0.05, 0) is 54.5 Å². The SMILES string of the molecule is CC1CCc2nc3sc(C(=O)N4CCN(Cc5ccc6c(c5)OCO6)CC4)c(N)c3cc2C1. The van der Waals surface area contributed by atoms with Gasteiger partial charge in [0.1, 0.15) is 9.71 Å². The van der Waals surface area contributed by atoms with Crippen molar-refractivity contribution in [2.24, 2.45) is 5.92 Å². The number of carbonyl (C=O) groups is 1. The smallest absolute Gasteiger partial charge is 0.266 e. The number of benzene rings is 1. The van der Waals surface area contributed by atoms with Crippen LogP contribution in [0.4, 0.5) is 5.69 Å². The number of rotatable bonds is 3. The van der Waals surface area contributed by atoms with Gasteiger partial charge in [-0.3, -0.25) is 9.69 Å². The number of amides is 1. The van der Waals surface area contributed by atoms with Gasteiger partial charge in [0.15, 0.2) is 11.5 Å². The molecule has 1 aliphatic carbocycles. The molecule has 0 bridgehead atoms. The minimum atomic E-state index is 0.0320. The molecule has 3 aliphatic rings. The second kappa shape index (κ2) is 8.18. The molecule has 8 heteroatoms. The highest BCUT2D eigenvalue weighted by atomic mass is 32.1. The normalized spacial score (nSPS) is 20.3. The van der Waals surface area contributed by atoms with Crippen molar-refractivity contribution in [2.45, 2.75) is 32.7 Å². The Kier molecular flexibility index (Phi) is 5.14. The van der Waals surface area contributed by atoms with Gasteiger partial charge < -0.3 is 20.1 Å². The minimum absolute atomic E-state index is 0.0320. The third-order valence-electron chi connectivity index (χ3n) is 7.03. The zero-order valence-corrected chi connectivity index (χ0v) is 19.6. The molecule has 1 saturated heterocycles. The standard InChI is InChI=1S/C25H28N4O3S/c1-15-2-4-19-17(10-15)12-18-22(26)23(33-24(18)27-19)25(30)29-8-6-28(7-9-29)13-16-3-5-20-21(11-16)32-14-31-20/h3,5,11-12,15H,2,4,6-10,13-14,26H2,1H3. The largest absolute Gasteiger partial charge is 0.454 e. The van der Waals surface area contributed by atoms with Crippen molar-refractivity contribution >= 4 is 33.1 Å². The van der Waals surface area contributed by atoms with Crippen LogP contribution in [0.15, 0.2) is 24.3 Å². The highest BCUT2D eigenvalue weighted by molar-refractivity contribution is 7.21. The lowest BCUT2D eigenvalue weighted by atomic mass is 9.87. The number of aromatic nitrogens is 1. The maximum atomic E-state index is 13.3. The van der Waals surface area contributed by atoms with E-state index in [4.69, 9.17) is 20.2 Å². The van der Waals surface area contributed by atoms with Crippen molar-refractivity contribution in [1.82, 2.24) is 14.8 Å². The summed E-state index contributed by atoms with van der Waals surface area (Å²) < 4.78 is 10.9. The molecule has 0 spiro atoms. The molecule has 33 heavy (non-hydrogen) atoms. The van der Waals surface area contributed by atoms with Crippen molar-refractivity contribution in [3.63, 3.8) is 0 Å². The van der Waals surface area contributed by atoms with E-state index in [0.717, 1.165) is 54.2 Å². The lowest BCUT2D eigenvalue weighted by Crippen LogP contribution is -2.48. The van der Waals surface area contributed by atoms with E-state index < -0.39 is 0 Å². The van der Waals surface area contributed by atoms with Crippen LogP contribution >= 0.6 is 11.3 Å². The summed E-state index contributed by atoms with van der Waals surface area (Å²) in [4.78, 5) is 24.0. The van der Waals surface area contributed by atoms with Crippen molar-refractivity contribution in [1.29, 1.82) is 0 Å². The number of carbonyl (C=O) groups excluding carboxylic acids is 1. The third kappa shape index (κ3) is 3.81. The number of thiophene rings is 1. The zero-order valence-electron chi connectivity index (χ0n) is 18.8. The number of ether oxygens (including phenoxy) is 2. The Morgan fingerprint density at radius 2 is 2.00 bits per heavy atom. The zero-order chi connectivity index (χ0) is 22.5. The molecule has 1 unspecified atom stereocenters. The molecule has 172 valence electrons. The summed E-state index contributed by atoms with van der Waals surface area (Å²) in [6, 6.07) is 8.27. The van der Waals surface area contributed by atoms with E-state index in [1.807, 2.05) is 17.0 Å². The quantitative estimate of drug-likeness (QED) is 0.637. The number of aryl methyl sites for hydroxylation is 1. The third-order valence-corrected chi connectivity index (χ3v) is 8.13. The van der Waals surface area contributed by atoms with E-state index in [9.17, 15) is 4.79 Å². The van der Waals surface area contributed by atoms with Crippen molar-refractivity contribution in [3.05, 3.63) is 46.0 Å². The molecular weight excluding hydrogens is 436 g/mol. The lowest BCUT2D eigenvalue weighted by molar-refractivity contribution is 0.0634. The van der Waals surface area contributed by atoms with E-state index >= 15 is 0 Å². The topological polar surface area (TPSA) is 80.9 Å². The summed E-state index contributed by atoms with van der Waals surface area (Å²) in [6.45, 7) is 6.45. The van der Waals surface area contributed by atoms with Crippen LogP contribution in [0.3, 0.4) is 0 Å². The van der Waals surface area contributed by atoms with Crippen LogP contribution in [0.2, 0.25) is 0 Å². The second-order valence-electron chi connectivity index (χ2n) is 9.40. The van der Waals surface area contributed by atoms with E-state index in [1.165, 1.54) is 34.6 Å². The maximum absolute atomic E-state index is 13.3. The fourth-order valence-electron chi connectivity index (χ4n) is 5.08. The number of hydrogen-bond acceptors (Lipinski definition) is 7. The fourth-order valence-corrected chi connectivity index (χ4v) is 6.15. The summed E-state index contributed by atoms with van der Waals surface area (Å²) in [5, 5.41) is 0.942. The minimum Gasteiger partial charge on any atom is -0.454 e. The van der Waals surface area contributed by atoms with Gasteiger partial charge in [0.25, 0.3) is 5.91 Å². The Morgan fingerprint density at radius 1 is 1.18 bits per heavy atom. The fraction of sp³-hybridized carbons (Fsp3) is 0.440. The first-order chi connectivity index (χ1) is 16.0. The van der Waals surface area contributed by atoms with Crippen LogP contribution in [0.25, 0.3) is 10.2 Å². The molecule has 0 saturated carbocycles. The summed E-state index contributed by atoms with van der Waals surface area (Å²) in [6.07, 6.45) is 3.23. The van der Waals surface area contributed by atoms with Gasteiger partial charge >= 0.3 is 0 Å². The van der Waals surface area contributed by atoms with Crippen LogP contribution < -0.4 is 15.2 Å². The summed E-state index contributed by atoms with van der Waals surface area (Å²) in [5.41, 5.74) is 10.7. The Labute approximate surface area is 197 Å². The number of pyridine rings is 1. The van der Waals surface area contributed by atoms with Crippen LogP contribution in [0, 0.1) is 5.92 Å². The van der Waals surface area contributed by atoms with Gasteiger partial charge in [-0.1, -0.05) is 13.0 Å². The Bertz CT molecular complexity index is 1230. The molecule has 2 aromatic heterocycles. The van der Waals surface area contributed by atoms with Crippen LogP contribution in [-0.2, 0) is 19.4 Å². The number of nitrogens with two attached hydrogens (primary N) is 1. The number of hydrogen-bond donors (Lipinski definition) is 1. The van der Waals surface area contributed by atoms with E-state index in [2.05, 4.69) is 24.0 Å². The lowest BCUT2D eigenvalue weighted by Gasteiger charge is -2.34. The average molecular weight is 465 g/mol. The predicted octanol–water partition coefficient (Wildman–Crippen LogP) is 3.69. The van der Waals surface area contributed by atoms with Crippen molar-refractivity contribution in [2.75, 3.05) is 38.7 Å². The molecule has 2 N–H and O–H groups in total. The van der Waals surface area contributed by atoms with Crippen molar-refractivity contribution < 1.29 is 14.3 Å². The molecule has 1 amide bonds. The van der Waals surface area contributed by atoms with Crippen LogP contribution in [0.1, 0.15) is 39.8 Å². The van der Waals surface area contributed by atoms with Gasteiger partial charge in [-0.15, -0.1) is 11.3 Å². The van der Waals surface area contributed by atoms with Gasteiger partial charge in [-0.25, -0.2) is 4.98 Å². The van der Waals surface area contributed by atoms with Crippen molar-refractivity contribution in [3.8, 4) is 11.5 Å². The number of fused-ring (bicyclic) bond motifs is 3. The molecule has 0 radical (unpaired) electrons. The monoisotopic (exact) mass is 464 g/mol. The summed E-state index contributed by atoms with van der Waals surface area (Å²) in [5.74, 6) is 2.32. The average Bonchev–Trinajstić information content (AvgIpc) is 3.42. The van der Waals surface area contributed by atoms with Gasteiger partial charge in [0.05, 0.1) is 5.69 Å². The van der Waals surface area contributed by atoms with E-state index in [1.54, 1.807) is 0 Å². The summed E-state index contributed by atoms with van der Waals surface area (Å²) in [7, 11) is 0. The number of nitrogen functional groups attached to an aromatic ring is 1. The van der Waals surface area contributed by atoms with Crippen LogP contribution in [0.5, 0.6) is 11.5 Å².